The summed E-state index contributed by atoms with van der Waals surface area (Å²) in [5.74, 6) is -0.502. The second-order valence-electron chi connectivity index (χ2n) is 4.49. The van der Waals surface area contributed by atoms with Crippen LogP contribution in [0.2, 0.25) is 0 Å². The molecule has 0 aromatic rings. The van der Waals surface area contributed by atoms with Crippen molar-refractivity contribution >= 4 is 5.91 Å². The van der Waals surface area contributed by atoms with E-state index in [9.17, 15) is 9.18 Å². The van der Waals surface area contributed by atoms with Crippen LogP contribution in [0.3, 0.4) is 0 Å². The molecule has 2 nitrogen and oxygen atoms in total. The van der Waals surface area contributed by atoms with Crippen molar-refractivity contribution in [1.29, 1.82) is 0 Å². The molecule has 0 aliphatic heterocycles. The van der Waals surface area contributed by atoms with Gasteiger partial charge < -0.3 is 5.32 Å². The van der Waals surface area contributed by atoms with E-state index in [4.69, 9.17) is 0 Å². The largest absolute Gasteiger partial charge is 0.356 e. The van der Waals surface area contributed by atoms with Gasteiger partial charge in [0, 0.05) is 17.9 Å². The molecule has 0 bridgehead atoms. The summed E-state index contributed by atoms with van der Waals surface area (Å²) < 4.78 is 14.0. The molecule has 12 heavy (non-hydrogen) atoms. The number of carbonyl (C=O) groups excluding carboxylic acids is 1. The third-order valence-electron chi connectivity index (χ3n) is 3.76. The quantitative estimate of drug-likeness (QED) is 0.639. The van der Waals surface area contributed by atoms with E-state index < -0.39 is 22.4 Å². The van der Waals surface area contributed by atoms with Gasteiger partial charge in [0.05, 0.1) is 0 Å². The van der Waals surface area contributed by atoms with Crippen molar-refractivity contribution in [3.63, 3.8) is 0 Å². The van der Waals surface area contributed by atoms with Gasteiger partial charge in [-0.3, -0.25) is 4.79 Å². The topological polar surface area (TPSA) is 29.1 Å². The van der Waals surface area contributed by atoms with Gasteiger partial charge in [-0.1, -0.05) is 27.7 Å². The highest BCUT2D eigenvalue weighted by molar-refractivity contribution is 5.91. The van der Waals surface area contributed by atoms with Crippen LogP contribution in [-0.4, -0.2) is 18.6 Å². The van der Waals surface area contributed by atoms with E-state index in [-0.39, 0.29) is 0 Å². The number of hydrogen-bond donors (Lipinski definition) is 1. The third-order valence-corrected chi connectivity index (χ3v) is 3.76. The number of alkyl halides is 1. The molecule has 3 heteroatoms. The highest BCUT2D eigenvalue weighted by Gasteiger charge is 2.82. The van der Waals surface area contributed by atoms with Crippen LogP contribution >= 0.6 is 0 Å². The Morgan fingerprint density at radius 1 is 1.17 bits per heavy atom. The van der Waals surface area contributed by atoms with Gasteiger partial charge in [0.2, 0.25) is 0 Å². The van der Waals surface area contributed by atoms with Crippen LogP contribution in [-0.2, 0) is 4.79 Å². The Kier molecular flexibility index (Phi) is 1.59. The molecule has 0 spiro atoms. The Balaban J connectivity index is 3.00. The van der Waals surface area contributed by atoms with Crippen molar-refractivity contribution in [2.24, 2.45) is 10.8 Å². The number of nitrogens with one attached hydrogen (secondary N) is 1. The molecule has 1 saturated carbocycles. The summed E-state index contributed by atoms with van der Waals surface area (Å²) in [5, 5.41) is 2.36. The van der Waals surface area contributed by atoms with Gasteiger partial charge in [0.25, 0.3) is 5.91 Å². The minimum atomic E-state index is -1.70. The van der Waals surface area contributed by atoms with E-state index in [0.717, 1.165) is 0 Å². The van der Waals surface area contributed by atoms with Crippen LogP contribution < -0.4 is 5.32 Å². The highest BCUT2D eigenvalue weighted by Crippen LogP contribution is 2.73. The first-order valence-electron chi connectivity index (χ1n) is 4.14. The summed E-state index contributed by atoms with van der Waals surface area (Å²) >= 11 is 0. The molecule has 1 aliphatic rings. The maximum atomic E-state index is 14.0. The lowest BCUT2D eigenvalue weighted by molar-refractivity contribution is -0.129. The van der Waals surface area contributed by atoms with Crippen molar-refractivity contribution < 1.29 is 9.18 Å². The Labute approximate surface area is 72.5 Å². The van der Waals surface area contributed by atoms with Gasteiger partial charge in [-0.2, -0.15) is 0 Å². The number of carbonyl (C=O) groups is 1. The van der Waals surface area contributed by atoms with Crippen LogP contribution in [0.25, 0.3) is 0 Å². The first-order chi connectivity index (χ1) is 5.23. The zero-order chi connectivity index (χ0) is 9.78. The summed E-state index contributed by atoms with van der Waals surface area (Å²) in [6, 6.07) is 0. The van der Waals surface area contributed by atoms with Crippen molar-refractivity contribution in [2.45, 2.75) is 33.4 Å². The van der Waals surface area contributed by atoms with Crippen molar-refractivity contribution in [2.75, 3.05) is 7.05 Å². The molecule has 1 amide bonds. The molecule has 1 rings (SSSR count). The van der Waals surface area contributed by atoms with E-state index in [1.165, 1.54) is 7.05 Å². The molecule has 0 aromatic carbocycles. The molecule has 0 unspecified atom stereocenters. The van der Waals surface area contributed by atoms with E-state index >= 15 is 0 Å². The van der Waals surface area contributed by atoms with E-state index in [0.29, 0.717) is 0 Å². The fourth-order valence-corrected chi connectivity index (χ4v) is 1.98. The molecule has 1 aliphatic carbocycles. The summed E-state index contributed by atoms with van der Waals surface area (Å²) in [5.41, 5.74) is -2.81. The highest BCUT2D eigenvalue weighted by atomic mass is 19.1. The van der Waals surface area contributed by atoms with Gasteiger partial charge in [-0.25, -0.2) is 4.39 Å². The molecule has 1 fully saturated rings. The zero-order valence-electron chi connectivity index (χ0n) is 8.29. The fraction of sp³-hybridized carbons (Fsp3) is 0.889. The molecule has 1 N–H and O–H groups in total. The average molecular weight is 173 g/mol. The van der Waals surface area contributed by atoms with Crippen LogP contribution in [0.1, 0.15) is 27.7 Å². The van der Waals surface area contributed by atoms with Crippen LogP contribution in [0.15, 0.2) is 0 Å². The second kappa shape index (κ2) is 2.01. The predicted octanol–water partition coefficient (Wildman–Crippen LogP) is 1.51. The summed E-state index contributed by atoms with van der Waals surface area (Å²) in [6.45, 7) is 7.12. The fourth-order valence-electron chi connectivity index (χ4n) is 1.98. The molecule has 70 valence electrons. The molecule has 0 radical (unpaired) electrons. The van der Waals surface area contributed by atoms with Crippen molar-refractivity contribution in [1.82, 2.24) is 5.32 Å². The van der Waals surface area contributed by atoms with Crippen LogP contribution in [0.5, 0.6) is 0 Å². The summed E-state index contributed by atoms with van der Waals surface area (Å²) in [7, 11) is 1.47. The lowest BCUT2D eigenvalue weighted by Gasteiger charge is -2.08. The standard InChI is InChI=1S/C9H16FNO/c1-7(2)8(3,4)9(7,10)6(12)11-5/h1-5H3,(H,11,12). The van der Waals surface area contributed by atoms with Crippen LogP contribution in [0, 0.1) is 10.8 Å². The molecule has 0 aromatic heterocycles. The molecule has 0 atom stereocenters. The SMILES string of the molecule is CNC(=O)C1(F)C(C)(C)C1(C)C. The Morgan fingerprint density at radius 2 is 1.50 bits per heavy atom. The number of halogens is 1. The first kappa shape index (κ1) is 9.49. The van der Waals surface area contributed by atoms with Gasteiger partial charge >= 0.3 is 0 Å². The van der Waals surface area contributed by atoms with Gasteiger partial charge in [0.1, 0.15) is 0 Å². The van der Waals surface area contributed by atoms with E-state index in [2.05, 4.69) is 5.32 Å². The predicted molar refractivity (Wildman–Crippen MR) is 45.5 cm³/mol. The second-order valence-corrected chi connectivity index (χ2v) is 4.49. The smallest absolute Gasteiger partial charge is 0.258 e. The molecular formula is C9H16FNO. The van der Waals surface area contributed by atoms with E-state index in [1.54, 1.807) is 27.7 Å². The third kappa shape index (κ3) is 0.632. The molecular weight excluding hydrogens is 157 g/mol. The lowest BCUT2D eigenvalue weighted by atomic mass is 10.0. The van der Waals surface area contributed by atoms with Crippen molar-refractivity contribution in [3.05, 3.63) is 0 Å². The van der Waals surface area contributed by atoms with Gasteiger partial charge in [-0.05, 0) is 0 Å². The number of rotatable bonds is 1. The van der Waals surface area contributed by atoms with Crippen LogP contribution in [0.4, 0.5) is 4.39 Å². The minimum absolute atomic E-state index is 0.502. The number of amides is 1. The lowest BCUT2D eigenvalue weighted by Crippen LogP contribution is -2.35. The summed E-state index contributed by atoms with van der Waals surface area (Å²) in [4.78, 5) is 11.2. The summed E-state index contributed by atoms with van der Waals surface area (Å²) in [6.07, 6.45) is 0. The normalized spacial score (nSPS) is 27.8. The average Bonchev–Trinajstić information content (AvgIpc) is 2.28. The maximum Gasteiger partial charge on any atom is 0.258 e. The minimum Gasteiger partial charge on any atom is -0.356 e. The van der Waals surface area contributed by atoms with E-state index in [1.807, 2.05) is 0 Å². The molecule has 0 saturated heterocycles. The van der Waals surface area contributed by atoms with Crippen molar-refractivity contribution in [3.8, 4) is 0 Å². The Morgan fingerprint density at radius 3 is 1.58 bits per heavy atom. The van der Waals surface area contributed by atoms with Gasteiger partial charge in [0.15, 0.2) is 5.67 Å². The van der Waals surface area contributed by atoms with Gasteiger partial charge in [-0.15, -0.1) is 0 Å². The Hall–Kier alpha value is -0.600. The monoisotopic (exact) mass is 173 g/mol. The number of hydrogen-bond acceptors (Lipinski definition) is 1. The maximum absolute atomic E-state index is 14.0. The zero-order valence-corrected chi connectivity index (χ0v) is 8.29. The first-order valence-corrected chi connectivity index (χ1v) is 4.14. The molecule has 0 heterocycles. The Bertz CT molecular complexity index is 219.